The van der Waals surface area contributed by atoms with Crippen molar-refractivity contribution >= 4 is 33.6 Å². The molecule has 0 radical (unpaired) electrons. The lowest BCUT2D eigenvalue weighted by Gasteiger charge is -2.12. The van der Waals surface area contributed by atoms with Crippen LogP contribution in [0.2, 0.25) is 0 Å². The molecule has 0 bridgehead atoms. The molecule has 26 heavy (non-hydrogen) atoms. The number of nitrogens with one attached hydrogen (secondary N) is 2. The Morgan fingerprint density at radius 1 is 1.15 bits per heavy atom. The van der Waals surface area contributed by atoms with Gasteiger partial charge in [-0.2, -0.15) is 0 Å². The summed E-state index contributed by atoms with van der Waals surface area (Å²) >= 11 is 3.43. The van der Waals surface area contributed by atoms with Crippen LogP contribution in [0.25, 0.3) is 0 Å². The first-order valence-electron chi connectivity index (χ1n) is 8.18. The number of esters is 1. The first-order chi connectivity index (χ1) is 12.5. The summed E-state index contributed by atoms with van der Waals surface area (Å²) in [7, 11) is 1.61. The zero-order chi connectivity index (χ0) is 18.9. The molecule has 2 rings (SSSR count). The van der Waals surface area contributed by atoms with Gasteiger partial charge in [0.15, 0.2) is 0 Å². The number of carbonyl (C=O) groups is 2. The van der Waals surface area contributed by atoms with Crippen LogP contribution in [0.3, 0.4) is 0 Å². The standard InChI is InChI=1S/C19H21BrN2O4/c1-3-26-18(23)15-6-4-5-7-16(15)22-19(24)21-11-10-13-12-14(20)8-9-17(13)25-2/h4-9,12H,3,10-11H2,1-2H3,(H2,21,22,24). The number of rotatable bonds is 7. The number of amides is 2. The molecule has 0 saturated heterocycles. The Hall–Kier alpha value is -2.54. The number of para-hydroxylation sites is 1. The van der Waals surface area contributed by atoms with Crippen LogP contribution in [0.5, 0.6) is 5.75 Å². The van der Waals surface area contributed by atoms with E-state index >= 15 is 0 Å². The molecule has 0 aliphatic rings. The Bertz CT molecular complexity index is 780. The summed E-state index contributed by atoms with van der Waals surface area (Å²) in [5.41, 5.74) is 1.70. The molecule has 138 valence electrons. The lowest BCUT2D eigenvalue weighted by molar-refractivity contribution is 0.0527. The van der Waals surface area contributed by atoms with Crippen LogP contribution in [-0.4, -0.2) is 32.3 Å². The molecule has 0 saturated carbocycles. The van der Waals surface area contributed by atoms with Gasteiger partial charge >= 0.3 is 12.0 Å². The molecule has 0 aromatic heterocycles. The molecule has 0 unspecified atom stereocenters. The molecule has 0 fully saturated rings. The van der Waals surface area contributed by atoms with E-state index in [1.165, 1.54) is 0 Å². The zero-order valence-corrected chi connectivity index (χ0v) is 16.3. The maximum absolute atomic E-state index is 12.1. The van der Waals surface area contributed by atoms with Crippen LogP contribution in [0.1, 0.15) is 22.8 Å². The van der Waals surface area contributed by atoms with Crippen molar-refractivity contribution in [2.24, 2.45) is 0 Å². The van der Waals surface area contributed by atoms with E-state index in [0.29, 0.717) is 24.2 Å². The lowest BCUT2D eigenvalue weighted by atomic mass is 10.1. The molecule has 0 spiro atoms. The molecule has 2 N–H and O–H groups in total. The fourth-order valence-electron chi connectivity index (χ4n) is 2.40. The molecule has 6 nitrogen and oxygen atoms in total. The Morgan fingerprint density at radius 2 is 1.92 bits per heavy atom. The first kappa shape index (κ1) is 19.8. The predicted molar refractivity (Wildman–Crippen MR) is 104 cm³/mol. The van der Waals surface area contributed by atoms with Gasteiger partial charge in [0.25, 0.3) is 0 Å². The SMILES string of the molecule is CCOC(=O)c1ccccc1NC(=O)NCCc1cc(Br)ccc1OC. The highest BCUT2D eigenvalue weighted by Gasteiger charge is 2.13. The van der Waals surface area contributed by atoms with Gasteiger partial charge in [-0.15, -0.1) is 0 Å². The number of methoxy groups -OCH3 is 1. The van der Waals surface area contributed by atoms with Crippen LogP contribution in [0.15, 0.2) is 46.9 Å². The molecule has 7 heteroatoms. The number of anilines is 1. The number of ether oxygens (including phenoxy) is 2. The van der Waals surface area contributed by atoms with Gasteiger partial charge in [-0.3, -0.25) is 0 Å². The van der Waals surface area contributed by atoms with Gasteiger partial charge in [-0.1, -0.05) is 28.1 Å². The van der Waals surface area contributed by atoms with Crippen LogP contribution in [0.4, 0.5) is 10.5 Å². The van der Waals surface area contributed by atoms with Crippen molar-refractivity contribution in [3.63, 3.8) is 0 Å². The minimum atomic E-state index is -0.470. The number of halogens is 1. The van der Waals surface area contributed by atoms with Crippen LogP contribution in [-0.2, 0) is 11.2 Å². The van der Waals surface area contributed by atoms with Crippen molar-refractivity contribution in [2.75, 3.05) is 25.6 Å². The summed E-state index contributed by atoms with van der Waals surface area (Å²) in [6.45, 7) is 2.42. The molecule has 2 amide bonds. The second kappa shape index (κ2) is 9.82. The average Bonchev–Trinajstić information content (AvgIpc) is 2.62. The van der Waals surface area contributed by atoms with E-state index in [-0.39, 0.29) is 6.61 Å². The summed E-state index contributed by atoms with van der Waals surface area (Å²) < 4.78 is 11.3. The van der Waals surface area contributed by atoms with E-state index in [1.807, 2.05) is 18.2 Å². The van der Waals surface area contributed by atoms with Crippen LogP contribution < -0.4 is 15.4 Å². The molecule has 0 atom stereocenters. The molecule has 0 aliphatic carbocycles. The van der Waals surface area contributed by atoms with E-state index in [1.54, 1.807) is 38.3 Å². The summed E-state index contributed by atoms with van der Waals surface area (Å²) in [5, 5.41) is 5.46. The fourth-order valence-corrected chi connectivity index (χ4v) is 2.81. The van der Waals surface area contributed by atoms with E-state index in [9.17, 15) is 9.59 Å². The number of urea groups is 1. The van der Waals surface area contributed by atoms with Crippen molar-refractivity contribution in [3.8, 4) is 5.75 Å². The minimum Gasteiger partial charge on any atom is -0.496 e. The number of benzene rings is 2. The van der Waals surface area contributed by atoms with Gasteiger partial charge in [0.2, 0.25) is 0 Å². The van der Waals surface area contributed by atoms with Crippen molar-refractivity contribution in [2.45, 2.75) is 13.3 Å². The first-order valence-corrected chi connectivity index (χ1v) is 8.97. The topological polar surface area (TPSA) is 76.7 Å². The summed E-state index contributed by atoms with van der Waals surface area (Å²) in [6, 6.07) is 12.1. The second-order valence-electron chi connectivity index (χ2n) is 5.35. The Labute approximate surface area is 161 Å². The number of carbonyl (C=O) groups excluding carboxylic acids is 2. The average molecular weight is 421 g/mol. The quantitative estimate of drug-likeness (QED) is 0.663. The highest BCUT2D eigenvalue weighted by Crippen LogP contribution is 2.23. The largest absolute Gasteiger partial charge is 0.496 e. The summed E-state index contributed by atoms with van der Waals surface area (Å²) in [6.07, 6.45) is 0.607. The summed E-state index contributed by atoms with van der Waals surface area (Å²) in [5.74, 6) is 0.297. The maximum Gasteiger partial charge on any atom is 0.340 e. The minimum absolute atomic E-state index is 0.272. The van der Waals surface area contributed by atoms with Crippen LogP contribution in [0, 0.1) is 0 Å². The third-order valence-corrected chi connectivity index (χ3v) is 4.09. The van der Waals surface area contributed by atoms with Crippen LogP contribution >= 0.6 is 15.9 Å². The molecule has 0 heterocycles. The third kappa shape index (κ3) is 5.49. The Morgan fingerprint density at radius 3 is 2.65 bits per heavy atom. The van der Waals surface area contributed by atoms with Crippen molar-refractivity contribution in [1.29, 1.82) is 0 Å². The van der Waals surface area contributed by atoms with Gasteiger partial charge in [0.05, 0.1) is 25.0 Å². The normalized spacial score (nSPS) is 10.1. The fraction of sp³-hybridized carbons (Fsp3) is 0.263. The number of hydrogen-bond acceptors (Lipinski definition) is 4. The number of hydrogen-bond donors (Lipinski definition) is 2. The Kier molecular flexibility index (Phi) is 7.47. The van der Waals surface area contributed by atoms with Gasteiger partial charge in [0.1, 0.15) is 5.75 Å². The van der Waals surface area contributed by atoms with Gasteiger partial charge in [-0.05, 0) is 49.2 Å². The van der Waals surface area contributed by atoms with Crippen molar-refractivity contribution in [1.82, 2.24) is 5.32 Å². The van der Waals surface area contributed by atoms with E-state index in [0.717, 1.165) is 15.8 Å². The third-order valence-electron chi connectivity index (χ3n) is 3.59. The van der Waals surface area contributed by atoms with E-state index in [4.69, 9.17) is 9.47 Å². The zero-order valence-electron chi connectivity index (χ0n) is 14.7. The molecule has 2 aromatic rings. The summed E-state index contributed by atoms with van der Waals surface area (Å²) in [4.78, 5) is 24.1. The predicted octanol–water partition coefficient (Wildman–Crippen LogP) is 4.00. The van der Waals surface area contributed by atoms with E-state index in [2.05, 4.69) is 26.6 Å². The molecule has 2 aromatic carbocycles. The maximum atomic E-state index is 12.1. The molecule has 0 aliphatic heterocycles. The lowest BCUT2D eigenvalue weighted by Crippen LogP contribution is -2.31. The highest BCUT2D eigenvalue weighted by atomic mass is 79.9. The smallest absolute Gasteiger partial charge is 0.340 e. The van der Waals surface area contributed by atoms with Gasteiger partial charge in [-0.25, -0.2) is 9.59 Å². The van der Waals surface area contributed by atoms with E-state index < -0.39 is 12.0 Å². The van der Waals surface area contributed by atoms with Gasteiger partial charge in [0, 0.05) is 11.0 Å². The second-order valence-corrected chi connectivity index (χ2v) is 6.27. The molecular formula is C19H21BrN2O4. The van der Waals surface area contributed by atoms with Crippen molar-refractivity contribution in [3.05, 3.63) is 58.1 Å². The van der Waals surface area contributed by atoms with Crippen molar-refractivity contribution < 1.29 is 19.1 Å². The van der Waals surface area contributed by atoms with Gasteiger partial charge < -0.3 is 20.1 Å². The molecular weight excluding hydrogens is 400 g/mol. The highest BCUT2D eigenvalue weighted by molar-refractivity contribution is 9.10. The Balaban J connectivity index is 1.94. The monoisotopic (exact) mass is 420 g/mol.